The molecule has 0 spiro atoms. The van der Waals surface area contributed by atoms with Crippen molar-refractivity contribution in [1.82, 2.24) is 14.9 Å². The third-order valence-corrected chi connectivity index (χ3v) is 5.03. The van der Waals surface area contributed by atoms with Crippen LogP contribution in [0.15, 0.2) is 59.8 Å². The van der Waals surface area contributed by atoms with Crippen LogP contribution in [0, 0.1) is 0 Å². The molecule has 1 amide bonds. The summed E-state index contributed by atoms with van der Waals surface area (Å²) in [7, 11) is 1.50. The summed E-state index contributed by atoms with van der Waals surface area (Å²) in [5.41, 5.74) is 1.04. The summed E-state index contributed by atoms with van der Waals surface area (Å²) in [5.74, 6) is 4.24. The average molecular weight is 423 g/mol. The van der Waals surface area contributed by atoms with Crippen LogP contribution < -0.4 is 15.9 Å². The van der Waals surface area contributed by atoms with Crippen LogP contribution in [-0.4, -0.2) is 27.9 Å². The maximum absolute atomic E-state index is 12.9. The number of carbonyl (C=O) groups is 1. The number of thioether (sulfide) groups is 1. The lowest BCUT2D eigenvalue weighted by Gasteiger charge is -2.17. The number of nitrogens with two attached hydrogens (primary N) is 1. The van der Waals surface area contributed by atoms with Gasteiger partial charge in [0.25, 0.3) is 5.82 Å². The molecule has 0 aliphatic carbocycles. The largest absolute Gasteiger partial charge is 0.497 e. The number of alkyl halides is 3. The minimum absolute atomic E-state index is 0.244. The van der Waals surface area contributed by atoms with Gasteiger partial charge in [-0.2, -0.15) is 13.2 Å². The summed E-state index contributed by atoms with van der Waals surface area (Å²) >= 11 is 0.764. The summed E-state index contributed by atoms with van der Waals surface area (Å²) in [6.07, 6.45) is -4.76. The van der Waals surface area contributed by atoms with E-state index in [1.54, 1.807) is 54.6 Å². The fraction of sp³-hybridized carbons (Fsp3) is 0.167. The summed E-state index contributed by atoms with van der Waals surface area (Å²) in [5, 5.41) is 8.16. The van der Waals surface area contributed by atoms with Gasteiger partial charge in [0.05, 0.1) is 7.11 Å². The summed E-state index contributed by atoms with van der Waals surface area (Å²) < 4.78 is 44.3. The predicted molar refractivity (Wildman–Crippen MR) is 102 cm³/mol. The monoisotopic (exact) mass is 423 g/mol. The Balaban J connectivity index is 1.89. The number of carbonyl (C=O) groups excluding carboxylic acids is 1. The van der Waals surface area contributed by atoms with Gasteiger partial charge in [-0.3, -0.25) is 4.79 Å². The zero-order valence-electron chi connectivity index (χ0n) is 15.1. The Bertz CT molecular complexity index is 995. The van der Waals surface area contributed by atoms with Gasteiger partial charge in [0.2, 0.25) is 11.1 Å². The van der Waals surface area contributed by atoms with Gasteiger partial charge >= 0.3 is 6.18 Å². The molecule has 0 aliphatic rings. The standard InChI is InChI=1S/C18H16F3N5O2S/c1-28-13-9-5-8-12(10-13)23-15(27)14(11-6-3-2-4-7-11)29-17-25-24-16(26(17)22)18(19,20)21/h2-10,14H,22H2,1H3,(H,23,27). The number of nitrogen functional groups attached to an aromatic ring is 1. The molecule has 3 N–H and O–H groups in total. The normalized spacial score (nSPS) is 12.4. The summed E-state index contributed by atoms with van der Waals surface area (Å²) in [6, 6.07) is 15.3. The molecule has 1 unspecified atom stereocenters. The molecule has 11 heteroatoms. The van der Waals surface area contributed by atoms with Crippen LogP contribution in [0.2, 0.25) is 0 Å². The number of nitrogens with one attached hydrogen (secondary N) is 1. The molecule has 7 nitrogen and oxygen atoms in total. The van der Waals surface area contributed by atoms with Crippen molar-refractivity contribution in [2.45, 2.75) is 16.6 Å². The quantitative estimate of drug-likeness (QED) is 0.466. The van der Waals surface area contributed by atoms with Crippen LogP contribution in [0.5, 0.6) is 5.75 Å². The topological polar surface area (TPSA) is 95.1 Å². The first-order valence-electron chi connectivity index (χ1n) is 8.24. The fourth-order valence-corrected chi connectivity index (χ4v) is 3.42. The van der Waals surface area contributed by atoms with Gasteiger partial charge < -0.3 is 15.9 Å². The number of hydrogen-bond acceptors (Lipinski definition) is 6. The number of halogens is 3. The van der Waals surface area contributed by atoms with E-state index in [-0.39, 0.29) is 5.16 Å². The van der Waals surface area contributed by atoms with E-state index < -0.39 is 23.2 Å². The lowest BCUT2D eigenvalue weighted by molar-refractivity contribution is -0.146. The number of anilines is 1. The Kier molecular flexibility index (Phi) is 5.97. The second-order valence-electron chi connectivity index (χ2n) is 5.80. The first-order valence-corrected chi connectivity index (χ1v) is 9.11. The van der Waals surface area contributed by atoms with E-state index in [2.05, 4.69) is 15.5 Å². The van der Waals surface area contributed by atoms with E-state index >= 15 is 0 Å². The van der Waals surface area contributed by atoms with E-state index in [9.17, 15) is 18.0 Å². The maximum atomic E-state index is 12.9. The van der Waals surface area contributed by atoms with Gasteiger partial charge in [-0.15, -0.1) is 10.2 Å². The van der Waals surface area contributed by atoms with E-state index in [1.165, 1.54) is 7.11 Å². The second kappa shape index (κ2) is 8.43. The highest BCUT2D eigenvalue weighted by atomic mass is 32.2. The smallest absolute Gasteiger partial charge is 0.453 e. The molecule has 1 heterocycles. The number of hydrogen-bond donors (Lipinski definition) is 2. The molecule has 3 rings (SSSR count). The molecule has 0 radical (unpaired) electrons. The number of methoxy groups -OCH3 is 1. The fourth-order valence-electron chi connectivity index (χ4n) is 2.47. The number of ether oxygens (including phenoxy) is 1. The van der Waals surface area contributed by atoms with Crippen LogP contribution in [0.3, 0.4) is 0 Å². The van der Waals surface area contributed by atoms with Crippen molar-refractivity contribution in [3.63, 3.8) is 0 Å². The Labute approximate surface area is 168 Å². The van der Waals surface area contributed by atoms with Gasteiger partial charge in [-0.1, -0.05) is 48.2 Å². The second-order valence-corrected chi connectivity index (χ2v) is 6.88. The first kappa shape index (κ1) is 20.5. The average Bonchev–Trinajstić information content (AvgIpc) is 3.07. The third kappa shape index (κ3) is 4.80. The Hall–Kier alpha value is -3.21. The highest BCUT2D eigenvalue weighted by Crippen LogP contribution is 2.37. The molecule has 1 aromatic heterocycles. The van der Waals surface area contributed by atoms with Crippen LogP contribution in [0.4, 0.5) is 18.9 Å². The number of aromatic nitrogens is 3. The van der Waals surface area contributed by atoms with E-state index in [0.29, 0.717) is 21.7 Å². The van der Waals surface area contributed by atoms with Crippen molar-refractivity contribution < 1.29 is 22.7 Å². The molecule has 1 atom stereocenters. The van der Waals surface area contributed by atoms with Crippen molar-refractivity contribution in [3.05, 3.63) is 66.0 Å². The van der Waals surface area contributed by atoms with Gasteiger partial charge in [0.1, 0.15) is 11.0 Å². The zero-order chi connectivity index (χ0) is 21.0. The van der Waals surface area contributed by atoms with Crippen LogP contribution >= 0.6 is 11.8 Å². The first-order chi connectivity index (χ1) is 13.8. The van der Waals surface area contributed by atoms with Crippen molar-refractivity contribution in [2.75, 3.05) is 18.3 Å². The summed E-state index contributed by atoms with van der Waals surface area (Å²) in [6.45, 7) is 0. The lowest BCUT2D eigenvalue weighted by atomic mass is 10.1. The molecule has 0 aliphatic heterocycles. The van der Waals surface area contributed by atoms with Crippen LogP contribution in [0.25, 0.3) is 0 Å². The highest BCUT2D eigenvalue weighted by Gasteiger charge is 2.39. The molecule has 152 valence electrons. The molecular weight excluding hydrogens is 407 g/mol. The molecule has 3 aromatic rings. The molecule has 0 saturated carbocycles. The van der Waals surface area contributed by atoms with E-state index in [4.69, 9.17) is 10.6 Å². The van der Waals surface area contributed by atoms with Crippen LogP contribution in [0.1, 0.15) is 16.6 Å². The van der Waals surface area contributed by atoms with E-state index in [1.807, 2.05) is 0 Å². The van der Waals surface area contributed by atoms with Crippen molar-refractivity contribution in [3.8, 4) is 5.75 Å². The number of nitrogens with zero attached hydrogens (tertiary/aromatic N) is 3. The Morgan fingerprint density at radius 1 is 1.17 bits per heavy atom. The van der Waals surface area contributed by atoms with Gasteiger partial charge in [0.15, 0.2) is 0 Å². The van der Waals surface area contributed by atoms with Crippen molar-refractivity contribution in [1.29, 1.82) is 0 Å². The number of amides is 1. The Morgan fingerprint density at radius 2 is 1.90 bits per heavy atom. The highest BCUT2D eigenvalue weighted by molar-refractivity contribution is 8.00. The van der Waals surface area contributed by atoms with Crippen molar-refractivity contribution >= 4 is 23.4 Å². The molecule has 29 heavy (non-hydrogen) atoms. The minimum atomic E-state index is -4.76. The summed E-state index contributed by atoms with van der Waals surface area (Å²) in [4.78, 5) is 12.9. The zero-order valence-corrected chi connectivity index (χ0v) is 15.9. The maximum Gasteiger partial charge on any atom is 0.453 e. The SMILES string of the molecule is COc1cccc(NC(=O)C(Sc2nnc(C(F)(F)F)n2N)c2ccccc2)c1. The van der Waals surface area contributed by atoms with Gasteiger partial charge in [-0.05, 0) is 17.7 Å². The molecular formula is C18H16F3N5O2S. The van der Waals surface area contributed by atoms with E-state index in [0.717, 1.165) is 11.8 Å². The van der Waals surface area contributed by atoms with Crippen molar-refractivity contribution in [2.24, 2.45) is 0 Å². The number of benzene rings is 2. The number of rotatable bonds is 6. The predicted octanol–water partition coefficient (Wildman–Crippen LogP) is 3.49. The molecule has 0 saturated heterocycles. The lowest BCUT2D eigenvalue weighted by Crippen LogP contribution is -2.23. The Morgan fingerprint density at radius 3 is 2.52 bits per heavy atom. The molecule has 0 bridgehead atoms. The van der Waals surface area contributed by atoms with Crippen LogP contribution in [-0.2, 0) is 11.0 Å². The third-order valence-electron chi connectivity index (χ3n) is 3.82. The molecule has 2 aromatic carbocycles. The van der Waals surface area contributed by atoms with Gasteiger partial charge in [0, 0.05) is 11.8 Å². The molecule has 0 fully saturated rings. The van der Waals surface area contributed by atoms with Gasteiger partial charge in [-0.25, -0.2) is 4.68 Å². The minimum Gasteiger partial charge on any atom is -0.497 e.